The summed E-state index contributed by atoms with van der Waals surface area (Å²) < 4.78 is 0. The van der Waals surface area contributed by atoms with E-state index >= 15 is 0 Å². The molecule has 112 valence electrons. The summed E-state index contributed by atoms with van der Waals surface area (Å²) >= 11 is 0. The zero-order valence-corrected chi connectivity index (χ0v) is 12.4. The second-order valence-electron chi connectivity index (χ2n) is 6.24. The number of nitrogens with one attached hydrogen (secondary N) is 2. The van der Waals surface area contributed by atoms with E-state index in [1.165, 1.54) is 6.42 Å². The van der Waals surface area contributed by atoms with Crippen LogP contribution in [0.5, 0.6) is 0 Å². The third-order valence-electron chi connectivity index (χ3n) is 4.46. The van der Waals surface area contributed by atoms with Crippen molar-refractivity contribution in [2.24, 2.45) is 11.8 Å². The van der Waals surface area contributed by atoms with E-state index in [4.69, 9.17) is 0 Å². The van der Waals surface area contributed by atoms with Gasteiger partial charge in [-0.05, 0) is 50.3 Å². The Morgan fingerprint density at radius 3 is 2.14 bits per heavy atom. The van der Waals surface area contributed by atoms with E-state index in [-0.39, 0.29) is 29.7 Å². The van der Waals surface area contributed by atoms with E-state index in [0.29, 0.717) is 0 Å². The van der Waals surface area contributed by atoms with E-state index in [9.17, 15) is 9.59 Å². The van der Waals surface area contributed by atoms with E-state index in [0.717, 1.165) is 36.9 Å². The lowest BCUT2D eigenvalue weighted by atomic mass is 9.84. The van der Waals surface area contributed by atoms with Gasteiger partial charge in [0, 0.05) is 17.5 Å². The van der Waals surface area contributed by atoms with E-state index in [2.05, 4.69) is 10.6 Å². The van der Waals surface area contributed by atoms with Crippen molar-refractivity contribution in [1.82, 2.24) is 5.32 Å². The Morgan fingerprint density at radius 1 is 1.00 bits per heavy atom. The lowest BCUT2D eigenvalue weighted by molar-refractivity contribution is -0.128. The number of carbonyl (C=O) groups is 2. The van der Waals surface area contributed by atoms with Crippen molar-refractivity contribution in [3.63, 3.8) is 0 Å². The molecule has 21 heavy (non-hydrogen) atoms. The average Bonchev–Trinajstić information content (AvgIpc) is 3.21. The van der Waals surface area contributed by atoms with Gasteiger partial charge in [-0.3, -0.25) is 9.59 Å². The van der Waals surface area contributed by atoms with Crippen molar-refractivity contribution in [1.29, 1.82) is 0 Å². The summed E-state index contributed by atoms with van der Waals surface area (Å²) in [5.41, 5.74) is 1.89. The van der Waals surface area contributed by atoms with Crippen LogP contribution in [0.4, 0.5) is 5.69 Å². The maximum atomic E-state index is 11.9. The summed E-state index contributed by atoms with van der Waals surface area (Å²) in [7, 11) is 0. The predicted octanol–water partition coefficient (Wildman–Crippen LogP) is 3.01. The Hall–Kier alpha value is -1.84. The van der Waals surface area contributed by atoms with E-state index < -0.39 is 0 Å². The maximum absolute atomic E-state index is 11.9. The normalized spacial score (nSPS) is 19.5. The zero-order valence-electron chi connectivity index (χ0n) is 12.4. The van der Waals surface area contributed by atoms with Crippen molar-refractivity contribution < 1.29 is 9.59 Å². The Kier molecular flexibility index (Phi) is 3.95. The van der Waals surface area contributed by atoms with Crippen molar-refractivity contribution in [2.45, 2.75) is 45.1 Å². The van der Waals surface area contributed by atoms with Crippen molar-refractivity contribution in [3.05, 3.63) is 29.8 Å². The molecule has 4 heteroatoms. The highest BCUT2D eigenvalue weighted by molar-refractivity contribution is 5.94. The Balaban J connectivity index is 1.54. The molecule has 3 rings (SSSR count). The quantitative estimate of drug-likeness (QED) is 0.874. The molecule has 4 nitrogen and oxygen atoms in total. The Bertz CT molecular complexity index is 530. The predicted molar refractivity (Wildman–Crippen MR) is 81.7 cm³/mol. The molecule has 2 N–H and O–H groups in total. The molecule has 0 bridgehead atoms. The van der Waals surface area contributed by atoms with E-state index in [1.54, 1.807) is 0 Å². The fourth-order valence-electron chi connectivity index (χ4n) is 2.53. The monoisotopic (exact) mass is 286 g/mol. The lowest BCUT2D eigenvalue weighted by Gasteiger charge is -2.26. The van der Waals surface area contributed by atoms with Crippen LogP contribution in [0.1, 0.15) is 50.6 Å². The number of amides is 2. The standard InChI is InChI=1S/C17H22N2O2/c1-11(18-16(20)13-3-2-4-13)12-7-9-15(10-8-12)19-17(21)14-5-6-14/h7-11,13-14H,2-6H2,1H3,(H,18,20)(H,19,21)/t11-/m1/s1. The molecule has 2 aliphatic rings. The van der Waals surface area contributed by atoms with Crippen LogP contribution < -0.4 is 10.6 Å². The molecule has 0 saturated heterocycles. The van der Waals surface area contributed by atoms with Crippen LogP contribution in [0.25, 0.3) is 0 Å². The second-order valence-corrected chi connectivity index (χ2v) is 6.24. The molecular formula is C17H22N2O2. The van der Waals surface area contributed by atoms with Gasteiger partial charge >= 0.3 is 0 Å². The first-order valence-electron chi connectivity index (χ1n) is 7.84. The molecule has 1 aromatic rings. The minimum absolute atomic E-state index is 0.00582. The largest absolute Gasteiger partial charge is 0.349 e. The Labute approximate surface area is 125 Å². The highest BCUT2D eigenvalue weighted by Gasteiger charge is 2.29. The smallest absolute Gasteiger partial charge is 0.227 e. The van der Waals surface area contributed by atoms with Crippen LogP contribution in [0, 0.1) is 11.8 Å². The van der Waals surface area contributed by atoms with Crippen molar-refractivity contribution >= 4 is 17.5 Å². The molecule has 0 spiro atoms. The van der Waals surface area contributed by atoms with Gasteiger partial charge in [-0.15, -0.1) is 0 Å². The van der Waals surface area contributed by atoms with Gasteiger partial charge in [-0.2, -0.15) is 0 Å². The van der Waals surface area contributed by atoms with Crippen LogP contribution in [-0.2, 0) is 9.59 Å². The lowest BCUT2D eigenvalue weighted by Crippen LogP contribution is -2.35. The van der Waals surface area contributed by atoms with Crippen LogP contribution >= 0.6 is 0 Å². The molecule has 0 radical (unpaired) electrons. The summed E-state index contributed by atoms with van der Waals surface area (Å²) in [5.74, 6) is 0.712. The van der Waals surface area contributed by atoms with Crippen LogP contribution in [0.2, 0.25) is 0 Å². The Morgan fingerprint density at radius 2 is 1.62 bits per heavy atom. The first-order valence-corrected chi connectivity index (χ1v) is 7.84. The molecule has 0 aromatic heterocycles. The number of rotatable bonds is 5. The molecule has 0 heterocycles. The van der Waals surface area contributed by atoms with Crippen molar-refractivity contribution in [2.75, 3.05) is 5.32 Å². The third-order valence-corrected chi connectivity index (χ3v) is 4.46. The van der Waals surface area contributed by atoms with Crippen LogP contribution in [0.15, 0.2) is 24.3 Å². The molecule has 1 aromatic carbocycles. The summed E-state index contributed by atoms with van der Waals surface area (Å²) in [4.78, 5) is 23.6. The molecule has 1 atom stereocenters. The first kappa shape index (κ1) is 14.1. The molecule has 2 aliphatic carbocycles. The van der Waals surface area contributed by atoms with Crippen LogP contribution in [0.3, 0.4) is 0 Å². The van der Waals surface area contributed by atoms with Gasteiger partial charge in [-0.1, -0.05) is 18.6 Å². The van der Waals surface area contributed by atoms with Gasteiger partial charge in [0.15, 0.2) is 0 Å². The van der Waals surface area contributed by atoms with Gasteiger partial charge in [0.2, 0.25) is 11.8 Å². The number of benzene rings is 1. The summed E-state index contributed by atoms with van der Waals surface area (Å²) in [6, 6.07) is 7.75. The molecule has 0 aliphatic heterocycles. The van der Waals surface area contributed by atoms with Gasteiger partial charge in [0.05, 0.1) is 6.04 Å². The number of anilines is 1. The number of hydrogen-bond donors (Lipinski definition) is 2. The fourth-order valence-corrected chi connectivity index (χ4v) is 2.53. The number of hydrogen-bond acceptors (Lipinski definition) is 2. The SMILES string of the molecule is C[C@@H](NC(=O)C1CCC1)c1ccc(NC(=O)C2CC2)cc1. The summed E-state index contributed by atoms with van der Waals surface area (Å²) in [6.07, 6.45) is 5.22. The highest BCUT2D eigenvalue weighted by atomic mass is 16.2. The van der Waals surface area contributed by atoms with Crippen LogP contribution in [-0.4, -0.2) is 11.8 Å². The minimum atomic E-state index is 0.00582. The van der Waals surface area contributed by atoms with Gasteiger partial charge < -0.3 is 10.6 Å². The van der Waals surface area contributed by atoms with Gasteiger partial charge in [0.25, 0.3) is 0 Å². The highest BCUT2D eigenvalue weighted by Crippen LogP contribution is 2.30. The molecular weight excluding hydrogens is 264 g/mol. The molecule has 2 amide bonds. The average molecular weight is 286 g/mol. The maximum Gasteiger partial charge on any atom is 0.227 e. The summed E-state index contributed by atoms with van der Waals surface area (Å²) in [5, 5.41) is 5.98. The summed E-state index contributed by atoms with van der Waals surface area (Å²) in [6.45, 7) is 1.99. The van der Waals surface area contributed by atoms with Gasteiger partial charge in [0.1, 0.15) is 0 Å². The third kappa shape index (κ3) is 3.43. The zero-order chi connectivity index (χ0) is 14.8. The van der Waals surface area contributed by atoms with Crippen molar-refractivity contribution in [3.8, 4) is 0 Å². The number of carbonyl (C=O) groups excluding carboxylic acids is 2. The second kappa shape index (κ2) is 5.88. The molecule has 2 saturated carbocycles. The first-order chi connectivity index (χ1) is 10.1. The molecule has 0 unspecified atom stereocenters. The molecule has 2 fully saturated rings. The minimum Gasteiger partial charge on any atom is -0.349 e. The fraction of sp³-hybridized carbons (Fsp3) is 0.529. The topological polar surface area (TPSA) is 58.2 Å². The van der Waals surface area contributed by atoms with Gasteiger partial charge in [-0.25, -0.2) is 0 Å². The van der Waals surface area contributed by atoms with E-state index in [1.807, 2.05) is 31.2 Å².